The molecular formula is C20H22ClFN2O2. The van der Waals surface area contributed by atoms with Gasteiger partial charge in [-0.05, 0) is 50.1 Å². The van der Waals surface area contributed by atoms with Crippen molar-refractivity contribution in [3.05, 3.63) is 63.4 Å². The van der Waals surface area contributed by atoms with Crippen LogP contribution in [0.5, 0.6) is 0 Å². The molecule has 2 rings (SSSR count). The Balaban J connectivity index is 2.15. The highest BCUT2D eigenvalue weighted by molar-refractivity contribution is 6.30. The molecule has 2 aromatic rings. The molecule has 26 heavy (non-hydrogen) atoms. The van der Waals surface area contributed by atoms with E-state index in [2.05, 4.69) is 4.99 Å². The van der Waals surface area contributed by atoms with Crippen molar-refractivity contribution in [2.45, 2.75) is 27.4 Å². The third kappa shape index (κ3) is 4.82. The van der Waals surface area contributed by atoms with Crippen LogP contribution in [0.2, 0.25) is 5.02 Å². The van der Waals surface area contributed by atoms with Gasteiger partial charge in [-0.15, -0.1) is 0 Å². The maximum atomic E-state index is 13.9. The van der Waals surface area contributed by atoms with Crippen LogP contribution in [0.3, 0.4) is 0 Å². The lowest BCUT2D eigenvalue weighted by atomic mass is 10.0. The molecule has 0 N–H and O–H groups in total. The van der Waals surface area contributed by atoms with E-state index in [9.17, 15) is 9.18 Å². The fraction of sp³-hybridized carbons (Fsp3) is 0.300. The van der Waals surface area contributed by atoms with Crippen LogP contribution >= 0.6 is 11.6 Å². The number of rotatable bonds is 6. The van der Waals surface area contributed by atoms with Crippen LogP contribution in [0.15, 0.2) is 35.3 Å². The van der Waals surface area contributed by atoms with E-state index in [-0.39, 0.29) is 17.2 Å². The lowest BCUT2D eigenvalue weighted by Crippen LogP contribution is -2.14. The average molecular weight is 377 g/mol. The van der Waals surface area contributed by atoms with Gasteiger partial charge in [-0.1, -0.05) is 23.7 Å². The van der Waals surface area contributed by atoms with Crippen molar-refractivity contribution in [3.63, 3.8) is 0 Å². The Morgan fingerprint density at radius 3 is 2.73 bits per heavy atom. The summed E-state index contributed by atoms with van der Waals surface area (Å²) in [5.74, 6) is -1.08. The number of carbonyl (C=O) groups excluding carboxylic acids is 1. The summed E-state index contributed by atoms with van der Waals surface area (Å²) in [6.45, 7) is 6.41. The second kappa shape index (κ2) is 8.81. The Morgan fingerprint density at radius 1 is 1.31 bits per heavy atom. The average Bonchev–Trinajstić information content (AvgIpc) is 2.62. The predicted octanol–water partition coefficient (Wildman–Crippen LogP) is 5.06. The van der Waals surface area contributed by atoms with E-state index in [1.54, 1.807) is 18.5 Å². The molecule has 6 heteroatoms. The molecule has 0 bridgehead atoms. The first-order valence-corrected chi connectivity index (χ1v) is 8.67. The summed E-state index contributed by atoms with van der Waals surface area (Å²) in [5.41, 5.74) is 3.08. The Bertz CT molecular complexity index is 837. The van der Waals surface area contributed by atoms with Crippen LogP contribution < -0.4 is 0 Å². The van der Waals surface area contributed by atoms with E-state index >= 15 is 0 Å². The maximum absolute atomic E-state index is 13.9. The van der Waals surface area contributed by atoms with Gasteiger partial charge < -0.3 is 9.64 Å². The number of hydrogen-bond donors (Lipinski definition) is 0. The van der Waals surface area contributed by atoms with Crippen LogP contribution in [0, 0.1) is 19.7 Å². The molecule has 0 saturated heterocycles. The standard InChI is InChI=1S/C20H22ClFN2O2/c1-5-24(4)12-23-18-10-13(2)16(9-14(18)3)20(25)26-11-15-7-6-8-17(21)19(15)22/h6-10,12H,5,11H2,1-4H3. The number of aliphatic imine (C=N–C) groups is 1. The van der Waals surface area contributed by atoms with E-state index in [0.29, 0.717) is 5.56 Å². The Kier molecular flexibility index (Phi) is 6.75. The molecule has 0 heterocycles. The van der Waals surface area contributed by atoms with Gasteiger partial charge in [0.2, 0.25) is 0 Å². The van der Waals surface area contributed by atoms with Crippen LogP contribution in [0.1, 0.15) is 34.0 Å². The van der Waals surface area contributed by atoms with Gasteiger partial charge in [0, 0.05) is 19.2 Å². The first kappa shape index (κ1) is 19.9. The van der Waals surface area contributed by atoms with E-state index in [1.807, 2.05) is 38.8 Å². The number of halogens is 2. The zero-order chi connectivity index (χ0) is 19.3. The molecule has 0 aliphatic carbocycles. The van der Waals surface area contributed by atoms with E-state index < -0.39 is 11.8 Å². The summed E-state index contributed by atoms with van der Waals surface area (Å²) >= 11 is 5.74. The quantitative estimate of drug-likeness (QED) is 0.402. The third-order valence-electron chi connectivity index (χ3n) is 4.05. The van der Waals surface area contributed by atoms with Gasteiger partial charge in [-0.3, -0.25) is 0 Å². The second-order valence-electron chi connectivity index (χ2n) is 6.06. The maximum Gasteiger partial charge on any atom is 0.338 e. The molecule has 0 unspecified atom stereocenters. The normalized spacial score (nSPS) is 11.0. The van der Waals surface area contributed by atoms with Crippen molar-refractivity contribution in [1.29, 1.82) is 0 Å². The molecule has 4 nitrogen and oxygen atoms in total. The molecule has 0 fully saturated rings. The third-order valence-corrected chi connectivity index (χ3v) is 4.34. The summed E-state index contributed by atoms with van der Waals surface area (Å²) in [4.78, 5) is 18.8. The fourth-order valence-corrected chi connectivity index (χ4v) is 2.48. The number of esters is 1. The molecule has 138 valence electrons. The zero-order valence-corrected chi connectivity index (χ0v) is 16.1. The molecule has 0 spiro atoms. The molecule has 2 aromatic carbocycles. The fourth-order valence-electron chi connectivity index (χ4n) is 2.28. The SMILES string of the molecule is CCN(C)C=Nc1cc(C)c(C(=O)OCc2cccc(Cl)c2F)cc1C. The molecule has 0 amide bonds. The Labute approximate surface area is 158 Å². The highest BCUT2D eigenvalue weighted by atomic mass is 35.5. The minimum Gasteiger partial charge on any atom is -0.457 e. The number of nitrogens with zero attached hydrogens (tertiary/aromatic N) is 2. The van der Waals surface area contributed by atoms with Crippen molar-refractivity contribution in [2.24, 2.45) is 4.99 Å². The Morgan fingerprint density at radius 2 is 2.04 bits per heavy atom. The number of hydrogen-bond acceptors (Lipinski definition) is 3. The van der Waals surface area contributed by atoms with Crippen LogP contribution in [0.25, 0.3) is 0 Å². The monoisotopic (exact) mass is 376 g/mol. The lowest BCUT2D eigenvalue weighted by Gasteiger charge is -2.12. The van der Waals surface area contributed by atoms with Crippen LogP contribution in [-0.4, -0.2) is 30.8 Å². The van der Waals surface area contributed by atoms with Gasteiger partial charge in [-0.2, -0.15) is 0 Å². The summed E-state index contributed by atoms with van der Waals surface area (Å²) in [5, 5.41) is 0.00448. The van der Waals surface area contributed by atoms with Gasteiger partial charge in [0.15, 0.2) is 0 Å². The molecule has 0 aromatic heterocycles. The van der Waals surface area contributed by atoms with Crippen molar-refractivity contribution in [1.82, 2.24) is 4.90 Å². The second-order valence-corrected chi connectivity index (χ2v) is 6.47. The number of carbonyl (C=O) groups is 1. The molecule has 0 saturated carbocycles. The first-order chi connectivity index (χ1) is 12.3. The van der Waals surface area contributed by atoms with E-state index in [1.165, 1.54) is 12.1 Å². The largest absolute Gasteiger partial charge is 0.457 e. The smallest absolute Gasteiger partial charge is 0.338 e. The molecule has 0 aliphatic heterocycles. The van der Waals surface area contributed by atoms with E-state index in [0.717, 1.165) is 23.4 Å². The van der Waals surface area contributed by atoms with Gasteiger partial charge in [0.25, 0.3) is 0 Å². The van der Waals surface area contributed by atoms with Gasteiger partial charge in [0.05, 0.1) is 22.6 Å². The highest BCUT2D eigenvalue weighted by Crippen LogP contribution is 2.24. The topological polar surface area (TPSA) is 41.9 Å². The highest BCUT2D eigenvalue weighted by Gasteiger charge is 2.15. The van der Waals surface area contributed by atoms with Crippen molar-refractivity contribution >= 4 is 29.6 Å². The molecular weight excluding hydrogens is 355 g/mol. The van der Waals surface area contributed by atoms with Crippen molar-refractivity contribution in [3.8, 4) is 0 Å². The van der Waals surface area contributed by atoms with Crippen molar-refractivity contribution < 1.29 is 13.9 Å². The van der Waals surface area contributed by atoms with Crippen LogP contribution in [-0.2, 0) is 11.3 Å². The summed E-state index contributed by atoms with van der Waals surface area (Å²) in [6, 6.07) is 8.18. The predicted molar refractivity (Wildman–Crippen MR) is 103 cm³/mol. The first-order valence-electron chi connectivity index (χ1n) is 8.29. The number of aryl methyl sites for hydroxylation is 2. The summed E-state index contributed by atoms with van der Waals surface area (Å²) in [6.07, 6.45) is 1.75. The molecule has 0 atom stereocenters. The lowest BCUT2D eigenvalue weighted by molar-refractivity contribution is 0.0468. The zero-order valence-electron chi connectivity index (χ0n) is 15.3. The minimum atomic E-state index is -0.570. The minimum absolute atomic E-state index is 0.00448. The van der Waals surface area contributed by atoms with Crippen molar-refractivity contribution in [2.75, 3.05) is 13.6 Å². The van der Waals surface area contributed by atoms with Gasteiger partial charge in [0.1, 0.15) is 12.4 Å². The summed E-state index contributed by atoms with van der Waals surface area (Å²) < 4.78 is 19.1. The molecule has 0 aliphatic rings. The summed E-state index contributed by atoms with van der Waals surface area (Å²) in [7, 11) is 1.94. The van der Waals surface area contributed by atoms with E-state index in [4.69, 9.17) is 16.3 Å². The van der Waals surface area contributed by atoms with Gasteiger partial charge >= 0.3 is 5.97 Å². The van der Waals surface area contributed by atoms with Crippen LogP contribution in [0.4, 0.5) is 10.1 Å². The number of benzene rings is 2. The molecule has 0 radical (unpaired) electrons. The van der Waals surface area contributed by atoms with Gasteiger partial charge in [-0.25, -0.2) is 14.2 Å². The number of ether oxygens (including phenoxy) is 1. The Hall–Kier alpha value is -2.40.